The molecular weight excluding hydrogens is 444 g/mol. The number of carbonyl (C=O) groups is 1. The molecule has 2 aromatic carbocycles. The number of hydrogen-bond donors (Lipinski definition) is 1. The molecule has 0 aliphatic heterocycles. The Hall–Kier alpha value is -2.37. The zero-order chi connectivity index (χ0) is 24.7. The van der Waals surface area contributed by atoms with E-state index in [4.69, 9.17) is 0 Å². The van der Waals surface area contributed by atoms with Gasteiger partial charge in [0, 0.05) is 5.56 Å². The largest absolute Gasteiger partial charge is 0.478 e. The van der Waals surface area contributed by atoms with E-state index in [-0.39, 0.29) is 17.0 Å². The molecule has 0 atom stereocenters. The van der Waals surface area contributed by atoms with Crippen molar-refractivity contribution >= 4 is 5.97 Å². The van der Waals surface area contributed by atoms with Gasteiger partial charge in [-0.05, 0) is 66.8 Å². The van der Waals surface area contributed by atoms with Crippen LogP contribution in [-0.2, 0) is 0 Å². The zero-order valence-electron chi connectivity index (χ0n) is 19.8. The molecule has 186 valence electrons. The van der Waals surface area contributed by atoms with Crippen molar-refractivity contribution in [2.24, 2.45) is 5.92 Å². The fraction of sp³-hybridized carbons (Fsp3) is 0.536. The van der Waals surface area contributed by atoms with Gasteiger partial charge in [0.25, 0.3) is 0 Å². The van der Waals surface area contributed by atoms with Crippen LogP contribution in [-0.4, -0.2) is 11.1 Å². The van der Waals surface area contributed by atoms with E-state index in [1.807, 2.05) is 0 Å². The summed E-state index contributed by atoms with van der Waals surface area (Å²) in [5.41, 5.74) is -0.371. The first-order valence-corrected chi connectivity index (χ1v) is 12.5. The Balaban J connectivity index is 1.72. The molecule has 0 unspecified atom stereocenters. The normalized spacial score (nSPS) is 18.3. The lowest BCUT2D eigenvalue weighted by Gasteiger charge is -2.30. The first-order chi connectivity index (χ1) is 16.3. The number of rotatable bonds is 11. The molecule has 0 aromatic heterocycles. The summed E-state index contributed by atoms with van der Waals surface area (Å²) in [5, 5.41) is 9.34. The van der Waals surface area contributed by atoms with Crippen molar-refractivity contribution in [3.8, 4) is 11.1 Å². The molecule has 34 heavy (non-hydrogen) atoms. The van der Waals surface area contributed by atoms with Gasteiger partial charge in [-0.15, -0.1) is 0 Å². The van der Waals surface area contributed by atoms with Gasteiger partial charge in [-0.25, -0.2) is 22.4 Å². The number of unbranched alkanes of at least 4 members (excludes halogenated alkanes) is 6. The van der Waals surface area contributed by atoms with Crippen molar-refractivity contribution in [1.29, 1.82) is 0 Å². The second-order valence-corrected chi connectivity index (χ2v) is 9.58. The number of carboxylic acids is 1. The molecule has 0 bridgehead atoms. The molecule has 0 radical (unpaired) electrons. The van der Waals surface area contributed by atoms with Crippen molar-refractivity contribution in [3.05, 3.63) is 58.7 Å². The first-order valence-electron chi connectivity index (χ1n) is 12.5. The van der Waals surface area contributed by atoms with Crippen molar-refractivity contribution in [2.45, 2.75) is 89.9 Å². The van der Waals surface area contributed by atoms with Gasteiger partial charge in [0.1, 0.15) is 5.82 Å². The quantitative estimate of drug-likeness (QED) is 0.199. The van der Waals surface area contributed by atoms with E-state index < -0.39 is 34.8 Å². The third-order valence-corrected chi connectivity index (χ3v) is 7.18. The zero-order valence-corrected chi connectivity index (χ0v) is 19.8. The molecule has 1 fully saturated rings. The standard InChI is InChI=1S/C28H34F4O2/c1-2-3-4-5-6-7-8-9-18-10-12-19(13-11-18)21-14-15-22(28(33)34)26(31)25(21)20-16-23(29)27(32)24(30)17-20/h14-19H,2-13H2,1H3,(H,33,34). The Kier molecular flexibility index (Phi) is 9.54. The van der Waals surface area contributed by atoms with Gasteiger partial charge in [0.05, 0.1) is 5.56 Å². The summed E-state index contributed by atoms with van der Waals surface area (Å²) in [7, 11) is 0. The van der Waals surface area contributed by atoms with E-state index >= 15 is 4.39 Å². The van der Waals surface area contributed by atoms with Crippen LogP contribution in [0.5, 0.6) is 0 Å². The predicted molar refractivity (Wildman–Crippen MR) is 126 cm³/mol. The molecule has 0 amide bonds. The summed E-state index contributed by atoms with van der Waals surface area (Å²) >= 11 is 0. The summed E-state index contributed by atoms with van der Waals surface area (Å²) in [6.45, 7) is 2.21. The molecule has 0 spiro atoms. The molecule has 1 aliphatic carbocycles. The van der Waals surface area contributed by atoms with Crippen molar-refractivity contribution < 1.29 is 27.5 Å². The summed E-state index contributed by atoms with van der Waals surface area (Å²) in [6.07, 6.45) is 13.6. The highest BCUT2D eigenvalue weighted by Gasteiger charge is 2.28. The van der Waals surface area contributed by atoms with Gasteiger partial charge in [-0.1, -0.05) is 64.4 Å². The molecule has 1 saturated carbocycles. The van der Waals surface area contributed by atoms with Crippen molar-refractivity contribution in [3.63, 3.8) is 0 Å². The summed E-state index contributed by atoms with van der Waals surface area (Å²) in [6, 6.07) is 4.22. The second-order valence-electron chi connectivity index (χ2n) is 9.58. The highest BCUT2D eigenvalue weighted by molar-refractivity contribution is 5.90. The minimum absolute atomic E-state index is 0.0474. The lowest BCUT2D eigenvalue weighted by atomic mass is 9.75. The third-order valence-electron chi connectivity index (χ3n) is 7.18. The van der Waals surface area contributed by atoms with Crippen LogP contribution in [0.2, 0.25) is 0 Å². The maximum absolute atomic E-state index is 15.3. The van der Waals surface area contributed by atoms with Gasteiger partial charge in [-0.3, -0.25) is 0 Å². The Morgan fingerprint density at radius 1 is 0.853 bits per heavy atom. The second kappa shape index (κ2) is 12.4. The summed E-state index contributed by atoms with van der Waals surface area (Å²) in [4.78, 5) is 11.5. The van der Waals surface area contributed by atoms with Crippen LogP contribution in [0.3, 0.4) is 0 Å². The van der Waals surface area contributed by atoms with E-state index in [2.05, 4.69) is 6.92 Å². The van der Waals surface area contributed by atoms with Crippen molar-refractivity contribution in [1.82, 2.24) is 0 Å². The van der Waals surface area contributed by atoms with Crippen LogP contribution < -0.4 is 0 Å². The Bertz CT molecular complexity index is 958. The molecule has 0 heterocycles. The molecule has 0 saturated heterocycles. The minimum Gasteiger partial charge on any atom is -0.478 e. The third kappa shape index (κ3) is 6.39. The van der Waals surface area contributed by atoms with Gasteiger partial charge >= 0.3 is 5.97 Å². The van der Waals surface area contributed by atoms with Crippen molar-refractivity contribution in [2.75, 3.05) is 0 Å². The number of carboxylic acid groups (broad SMARTS) is 1. The predicted octanol–water partition coefficient (Wildman–Crippen LogP) is 9.02. The lowest BCUT2D eigenvalue weighted by Crippen LogP contribution is -2.15. The molecule has 2 nitrogen and oxygen atoms in total. The van der Waals surface area contributed by atoms with Crippen LogP contribution >= 0.6 is 0 Å². The van der Waals surface area contributed by atoms with Gasteiger partial charge in [0.2, 0.25) is 0 Å². The molecule has 6 heteroatoms. The van der Waals surface area contributed by atoms with E-state index in [9.17, 15) is 23.1 Å². The van der Waals surface area contributed by atoms with E-state index in [0.29, 0.717) is 11.5 Å². The van der Waals surface area contributed by atoms with Crippen LogP contribution in [0.15, 0.2) is 24.3 Å². The average molecular weight is 479 g/mol. The average Bonchev–Trinajstić information content (AvgIpc) is 2.81. The fourth-order valence-electron chi connectivity index (χ4n) is 5.24. The molecule has 2 aromatic rings. The Labute approximate surface area is 199 Å². The summed E-state index contributed by atoms with van der Waals surface area (Å²) in [5.74, 6) is -6.44. The van der Waals surface area contributed by atoms with Crippen LogP contribution in [0, 0.1) is 29.2 Å². The topological polar surface area (TPSA) is 37.3 Å². The van der Waals surface area contributed by atoms with Gasteiger partial charge < -0.3 is 5.11 Å². The molecule has 3 rings (SSSR count). The maximum atomic E-state index is 15.3. The highest BCUT2D eigenvalue weighted by atomic mass is 19.2. The SMILES string of the molecule is CCCCCCCCCC1CCC(c2ccc(C(=O)O)c(F)c2-c2cc(F)c(F)c(F)c2)CC1. The number of benzene rings is 2. The molecule has 1 aliphatic rings. The van der Waals surface area contributed by atoms with Gasteiger partial charge in [0.15, 0.2) is 17.5 Å². The molecule has 1 N–H and O–H groups in total. The van der Waals surface area contributed by atoms with E-state index in [1.165, 1.54) is 57.4 Å². The number of aromatic carboxylic acids is 1. The number of hydrogen-bond acceptors (Lipinski definition) is 1. The maximum Gasteiger partial charge on any atom is 0.338 e. The van der Waals surface area contributed by atoms with Crippen LogP contribution in [0.4, 0.5) is 17.6 Å². The van der Waals surface area contributed by atoms with Crippen LogP contribution in [0.25, 0.3) is 11.1 Å². The monoisotopic (exact) mass is 478 g/mol. The highest BCUT2D eigenvalue weighted by Crippen LogP contribution is 2.43. The Morgan fingerprint density at radius 2 is 1.44 bits per heavy atom. The smallest absolute Gasteiger partial charge is 0.338 e. The summed E-state index contributed by atoms with van der Waals surface area (Å²) < 4.78 is 56.6. The first kappa shape index (κ1) is 26.2. The van der Waals surface area contributed by atoms with E-state index in [0.717, 1.165) is 37.8 Å². The fourth-order valence-corrected chi connectivity index (χ4v) is 5.24. The van der Waals surface area contributed by atoms with Crippen LogP contribution in [0.1, 0.15) is 106 Å². The number of halogens is 4. The minimum atomic E-state index is -1.63. The molecular formula is C28H34F4O2. The van der Waals surface area contributed by atoms with Gasteiger partial charge in [-0.2, -0.15) is 0 Å². The van der Waals surface area contributed by atoms with E-state index in [1.54, 1.807) is 6.07 Å². The lowest BCUT2D eigenvalue weighted by molar-refractivity contribution is 0.0692. The Morgan fingerprint density at radius 3 is 2.03 bits per heavy atom.